The van der Waals surface area contributed by atoms with E-state index >= 15 is 0 Å². The van der Waals surface area contributed by atoms with Crippen molar-refractivity contribution >= 4 is 28.0 Å². The first kappa shape index (κ1) is 21.4. The largest absolute Gasteiger partial charge is 0.440 e. The number of aryl methyl sites for hydroxylation is 1. The summed E-state index contributed by atoms with van der Waals surface area (Å²) in [5.74, 6) is -0.0888. The van der Waals surface area contributed by atoms with Crippen LogP contribution >= 0.6 is 15.9 Å². The number of nitrogens with zero attached hydrogens (tertiary/aromatic N) is 1. The van der Waals surface area contributed by atoms with Crippen molar-refractivity contribution in [3.63, 3.8) is 0 Å². The third kappa shape index (κ3) is 4.58. The van der Waals surface area contributed by atoms with Gasteiger partial charge in [0.05, 0.1) is 5.92 Å². The van der Waals surface area contributed by atoms with Crippen LogP contribution in [0.15, 0.2) is 88.7 Å². The topological polar surface area (TPSA) is 85.3 Å². The normalized spacial score (nSPS) is 15.1. The number of ether oxygens (including phenoxy) is 2. The van der Waals surface area contributed by atoms with Gasteiger partial charge in [-0.25, -0.2) is 4.79 Å². The molecule has 0 bridgehead atoms. The number of esters is 1. The molecule has 0 saturated carbocycles. The predicted octanol–water partition coefficient (Wildman–Crippen LogP) is 5.59. The first-order valence-electron chi connectivity index (χ1n) is 9.88. The molecule has 6 heteroatoms. The van der Waals surface area contributed by atoms with E-state index in [9.17, 15) is 10.1 Å². The van der Waals surface area contributed by atoms with E-state index in [1.807, 2.05) is 55.5 Å². The number of hydrogen-bond donors (Lipinski definition) is 1. The molecule has 1 unspecified atom stereocenters. The number of fused-ring (bicyclic) bond motifs is 1. The highest BCUT2D eigenvalue weighted by atomic mass is 79.9. The highest BCUT2D eigenvalue weighted by Gasteiger charge is 2.31. The highest BCUT2D eigenvalue weighted by Crippen LogP contribution is 2.43. The molecule has 1 aliphatic rings. The van der Waals surface area contributed by atoms with Gasteiger partial charge in [0.2, 0.25) is 5.88 Å². The summed E-state index contributed by atoms with van der Waals surface area (Å²) in [6.45, 7) is 2.00. The van der Waals surface area contributed by atoms with Gasteiger partial charge in [-0.2, -0.15) is 5.26 Å². The molecule has 1 aliphatic heterocycles. The molecule has 4 rings (SSSR count). The standard InChI is InChI=1S/C26H19BrN2O3/c1-16-5-7-17(8-6-16)9-12-24(30)31-20-10-11-21-23(14-20)32-26(29)22(15-28)25(21)18-3-2-4-19(27)13-18/h2-14,25H,29H2,1H3/b12-9+. The quantitative estimate of drug-likeness (QED) is 0.295. The number of allylic oxidation sites excluding steroid dienone is 1. The van der Waals surface area contributed by atoms with Crippen LogP contribution in [0.5, 0.6) is 11.5 Å². The number of benzene rings is 3. The van der Waals surface area contributed by atoms with Crippen molar-refractivity contribution in [3.8, 4) is 17.6 Å². The lowest BCUT2D eigenvalue weighted by Crippen LogP contribution is -2.21. The Hall–Kier alpha value is -3.82. The second-order valence-electron chi connectivity index (χ2n) is 7.34. The number of carbonyl (C=O) groups excluding carboxylic acids is 1. The summed E-state index contributed by atoms with van der Waals surface area (Å²) >= 11 is 3.47. The summed E-state index contributed by atoms with van der Waals surface area (Å²) in [7, 11) is 0. The summed E-state index contributed by atoms with van der Waals surface area (Å²) in [5, 5.41) is 9.67. The fraction of sp³-hybridized carbons (Fsp3) is 0.0769. The Morgan fingerprint density at radius 3 is 2.66 bits per heavy atom. The molecule has 0 amide bonds. The predicted molar refractivity (Wildman–Crippen MR) is 126 cm³/mol. The Morgan fingerprint density at radius 2 is 1.94 bits per heavy atom. The van der Waals surface area contributed by atoms with Crippen molar-refractivity contribution in [1.29, 1.82) is 5.26 Å². The number of hydrogen-bond acceptors (Lipinski definition) is 5. The molecule has 5 nitrogen and oxygen atoms in total. The van der Waals surface area contributed by atoms with Crippen LogP contribution < -0.4 is 15.2 Å². The first-order chi connectivity index (χ1) is 15.4. The molecule has 0 saturated heterocycles. The molecule has 0 spiro atoms. The average Bonchev–Trinajstić information content (AvgIpc) is 2.77. The van der Waals surface area contributed by atoms with E-state index in [1.165, 1.54) is 6.08 Å². The van der Waals surface area contributed by atoms with Gasteiger partial charge in [0.1, 0.15) is 23.1 Å². The Bertz CT molecular complexity index is 1290. The van der Waals surface area contributed by atoms with Gasteiger partial charge in [0, 0.05) is 22.2 Å². The van der Waals surface area contributed by atoms with E-state index in [0.29, 0.717) is 17.1 Å². The summed E-state index contributed by atoms with van der Waals surface area (Å²) in [4.78, 5) is 12.3. The van der Waals surface area contributed by atoms with Gasteiger partial charge >= 0.3 is 5.97 Å². The van der Waals surface area contributed by atoms with E-state index in [1.54, 1.807) is 24.3 Å². The zero-order valence-electron chi connectivity index (χ0n) is 17.2. The summed E-state index contributed by atoms with van der Waals surface area (Å²) < 4.78 is 12.0. The molecule has 32 heavy (non-hydrogen) atoms. The van der Waals surface area contributed by atoms with Crippen LogP contribution in [0, 0.1) is 18.3 Å². The van der Waals surface area contributed by atoms with E-state index in [0.717, 1.165) is 26.7 Å². The molecule has 0 fully saturated rings. The molecule has 0 aliphatic carbocycles. The molecule has 0 radical (unpaired) electrons. The van der Waals surface area contributed by atoms with Crippen molar-refractivity contribution in [2.75, 3.05) is 0 Å². The van der Waals surface area contributed by atoms with Crippen molar-refractivity contribution in [2.24, 2.45) is 5.73 Å². The van der Waals surface area contributed by atoms with Crippen molar-refractivity contribution in [1.82, 2.24) is 0 Å². The number of carbonyl (C=O) groups is 1. The summed E-state index contributed by atoms with van der Waals surface area (Å²) in [5.41, 5.74) is 10.1. The minimum absolute atomic E-state index is 0.0349. The molecular formula is C26H19BrN2O3. The Morgan fingerprint density at radius 1 is 1.16 bits per heavy atom. The van der Waals surface area contributed by atoms with E-state index < -0.39 is 5.97 Å². The maximum absolute atomic E-state index is 12.3. The number of nitrogens with two attached hydrogens (primary N) is 1. The second kappa shape index (κ2) is 9.13. The third-order valence-electron chi connectivity index (χ3n) is 5.08. The Balaban J connectivity index is 1.59. The minimum Gasteiger partial charge on any atom is -0.440 e. The van der Waals surface area contributed by atoms with Crippen LogP contribution in [0.2, 0.25) is 0 Å². The molecular weight excluding hydrogens is 468 g/mol. The van der Waals surface area contributed by atoms with E-state index in [-0.39, 0.29) is 11.8 Å². The van der Waals surface area contributed by atoms with Crippen LogP contribution in [0.25, 0.3) is 6.08 Å². The van der Waals surface area contributed by atoms with Gasteiger partial charge in [-0.1, -0.05) is 64.0 Å². The second-order valence-corrected chi connectivity index (χ2v) is 8.26. The highest BCUT2D eigenvalue weighted by molar-refractivity contribution is 9.10. The van der Waals surface area contributed by atoms with E-state index in [2.05, 4.69) is 22.0 Å². The zero-order valence-corrected chi connectivity index (χ0v) is 18.8. The van der Waals surface area contributed by atoms with Crippen LogP contribution in [-0.2, 0) is 4.79 Å². The van der Waals surface area contributed by atoms with Crippen LogP contribution in [0.1, 0.15) is 28.2 Å². The average molecular weight is 487 g/mol. The van der Waals surface area contributed by atoms with Gasteiger partial charge in [-0.3, -0.25) is 0 Å². The Labute approximate surface area is 194 Å². The van der Waals surface area contributed by atoms with Gasteiger partial charge in [0.15, 0.2) is 0 Å². The van der Waals surface area contributed by atoms with Gasteiger partial charge < -0.3 is 15.2 Å². The van der Waals surface area contributed by atoms with Gasteiger partial charge in [-0.05, 0) is 42.3 Å². The Kier molecular flexibility index (Phi) is 6.11. The summed E-state index contributed by atoms with van der Waals surface area (Å²) in [6, 6.07) is 22.7. The van der Waals surface area contributed by atoms with Crippen molar-refractivity contribution < 1.29 is 14.3 Å². The molecule has 3 aromatic carbocycles. The lowest BCUT2D eigenvalue weighted by atomic mass is 9.83. The summed E-state index contributed by atoms with van der Waals surface area (Å²) in [6.07, 6.45) is 3.07. The van der Waals surface area contributed by atoms with Gasteiger partial charge in [-0.15, -0.1) is 0 Å². The third-order valence-corrected chi connectivity index (χ3v) is 5.57. The molecule has 1 heterocycles. The zero-order chi connectivity index (χ0) is 22.7. The van der Waals surface area contributed by atoms with Crippen LogP contribution in [-0.4, -0.2) is 5.97 Å². The van der Waals surface area contributed by atoms with Crippen LogP contribution in [0.4, 0.5) is 0 Å². The molecule has 1 atom stereocenters. The fourth-order valence-electron chi connectivity index (χ4n) is 3.52. The van der Waals surface area contributed by atoms with Crippen molar-refractivity contribution in [3.05, 3.63) is 111 Å². The monoisotopic (exact) mass is 486 g/mol. The first-order valence-corrected chi connectivity index (χ1v) is 10.7. The molecule has 0 aromatic heterocycles. The van der Waals surface area contributed by atoms with Gasteiger partial charge in [0.25, 0.3) is 0 Å². The lowest BCUT2D eigenvalue weighted by Gasteiger charge is -2.26. The molecule has 158 valence electrons. The maximum atomic E-state index is 12.3. The number of rotatable bonds is 4. The van der Waals surface area contributed by atoms with Crippen LogP contribution in [0.3, 0.4) is 0 Å². The van der Waals surface area contributed by atoms with Crippen molar-refractivity contribution in [2.45, 2.75) is 12.8 Å². The SMILES string of the molecule is Cc1ccc(/C=C/C(=O)Oc2ccc3c(c2)OC(N)=C(C#N)C3c2cccc(Br)c2)cc1. The fourth-order valence-corrected chi connectivity index (χ4v) is 3.94. The number of nitriles is 1. The lowest BCUT2D eigenvalue weighted by molar-refractivity contribution is -0.128. The van der Waals surface area contributed by atoms with E-state index in [4.69, 9.17) is 15.2 Å². The smallest absolute Gasteiger partial charge is 0.336 e. The maximum Gasteiger partial charge on any atom is 0.336 e. The molecule has 3 aromatic rings. The minimum atomic E-state index is -0.508. The number of halogens is 1. The molecule has 2 N–H and O–H groups in total.